The second-order valence-corrected chi connectivity index (χ2v) is 5.97. The zero-order valence-electron chi connectivity index (χ0n) is 13.2. The van der Waals surface area contributed by atoms with Gasteiger partial charge in [-0.1, -0.05) is 0 Å². The molecule has 0 saturated heterocycles. The summed E-state index contributed by atoms with van der Waals surface area (Å²) in [5.74, 6) is -0.138. The minimum atomic E-state index is -0.540. The lowest BCUT2D eigenvalue weighted by atomic mass is 10.2. The first-order valence-corrected chi connectivity index (χ1v) is 6.84. The molecule has 0 aliphatic carbocycles. The number of nitrogens with zero attached hydrogens (tertiary/aromatic N) is 2. The van der Waals surface area contributed by atoms with Crippen LogP contribution in [-0.4, -0.2) is 47.1 Å². The predicted molar refractivity (Wildman–Crippen MR) is 80.0 cm³/mol. The number of ether oxygens (including phenoxy) is 1. The lowest BCUT2D eigenvalue weighted by Gasteiger charge is -2.25. The van der Waals surface area contributed by atoms with Crippen LogP contribution in [0.1, 0.15) is 38.1 Å². The van der Waals surface area contributed by atoms with Gasteiger partial charge >= 0.3 is 6.09 Å². The first-order chi connectivity index (χ1) is 9.69. The van der Waals surface area contributed by atoms with Crippen LogP contribution in [-0.2, 0) is 4.74 Å². The Morgan fingerprint density at radius 2 is 2.10 bits per heavy atom. The smallest absolute Gasteiger partial charge is 0.407 e. The van der Waals surface area contributed by atoms with Crippen molar-refractivity contribution in [3.05, 3.63) is 30.1 Å². The van der Waals surface area contributed by atoms with Gasteiger partial charge in [0.25, 0.3) is 5.91 Å². The first-order valence-electron chi connectivity index (χ1n) is 6.84. The maximum Gasteiger partial charge on any atom is 0.407 e. The van der Waals surface area contributed by atoms with Crippen LogP contribution in [0, 0.1) is 0 Å². The molecule has 1 rings (SSSR count). The lowest BCUT2D eigenvalue weighted by molar-refractivity contribution is 0.0491. The number of alkyl carbamates (subject to hydrolysis) is 1. The van der Waals surface area contributed by atoms with Crippen molar-refractivity contribution < 1.29 is 14.3 Å². The SMILES string of the molecule is C[C@@H](CN(C)C(=O)c1cccnc1)NC(=O)OC(C)(C)C. The van der Waals surface area contributed by atoms with Gasteiger partial charge in [0, 0.05) is 32.0 Å². The molecule has 0 aliphatic heterocycles. The van der Waals surface area contributed by atoms with Gasteiger partial charge in [-0.2, -0.15) is 0 Å². The van der Waals surface area contributed by atoms with E-state index < -0.39 is 11.7 Å². The normalized spacial score (nSPS) is 12.4. The van der Waals surface area contributed by atoms with Crippen LogP contribution in [0.3, 0.4) is 0 Å². The molecule has 2 amide bonds. The highest BCUT2D eigenvalue weighted by atomic mass is 16.6. The zero-order chi connectivity index (χ0) is 16.0. The largest absolute Gasteiger partial charge is 0.444 e. The average molecular weight is 293 g/mol. The van der Waals surface area contributed by atoms with Gasteiger partial charge in [-0.05, 0) is 39.8 Å². The fourth-order valence-corrected chi connectivity index (χ4v) is 1.76. The molecular weight excluding hydrogens is 270 g/mol. The van der Waals surface area contributed by atoms with E-state index in [1.807, 2.05) is 6.92 Å². The van der Waals surface area contributed by atoms with Gasteiger partial charge in [0.15, 0.2) is 0 Å². The highest BCUT2D eigenvalue weighted by molar-refractivity contribution is 5.93. The Labute approximate surface area is 125 Å². The second kappa shape index (κ2) is 7.06. The van der Waals surface area contributed by atoms with Gasteiger partial charge in [-0.25, -0.2) is 4.79 Å². The number of hydrogen-bond donors (Lipinski definition) is 1. The molecule has 0 aromatic carbocycles. The molecule has 0 fully saturated rings. The Morgan fingerprint density at radius 3 is 2.62 bits per heavy atom. The quantitative estimate of drug-likeness (QED) is 0.922. The third-order valence-electron chi connectivity index (χ3n) is 2.57. The number of likely N-dealkylation sites (N-methyl/N-ethyl adjacent to an activating group) is 1. The van der Waals surface area contributed by atoms with Crippen LogP contribution in [0.25, 0.3) is 0 Å². The molecule has 0 unspecified atom stereocenters. The number of nitrogens with one attached hydrogen (secondary N) is 1. The summed E-state index contributed by atoms with van der Waals surface area (Å²) in [7, 11) is 1.68. The molecule has 0 spiro atoms. The zero-order valence-corrected chi connectivity index (χ0v) is 13.2. The van der Waals surface area contributed by atoms with Crippen molar-refractivity contribution >= 4 is 12.0 Å². The Morgan fingerprint density at radius 1 is 1.43 bits per heavy atom. The van der Waals surface area contributed by atoms with E-state index in [1.54, 1.807) is 51.0 Å². The molecule has 6 nitrogen and oxygen atoms in total. The van der Waals surface area contributed by atoms with Gasteiger partial charge in [-0.3, -0.25) is 9.78 Å². The molecule has 1 N–H and O–H groups in total. The van der Waals surface area contributed by atoms with Crippen LogP contribution >= 0.6 is 0 Å². The summed E-state index contributed by atoms with van der Waals surface area (Å²) in [6, 6.07) is 3.20. The van der Waals surface area contributed by atoms with Crippen molar-refractivity contribution in [3.63, 3.8) is 0 Å². The van der Waals surface area contributed by atoms with Crippen LogP contribution in [0.5, 0.6) is 0 Å². The van der Waals surface area contributed by atoms with Crippen molar-refractivity contribution in [2.45, 2.75) is 39.3 Å². The summed E-state index contributed by atoms with van der Waals surface area (Å²) in [4.78, 5) is 29.2. The molecule has 116 valence electrons. The monoisotopic (exact) mass is 293 g/mol. The summed E-state index contributed by atoms with van der Waals surface area (Å²) in [6.45, 7) is 7.60. The molecular formula is C15H23N3O3. The molecule has 6 heteroatoms. The van der Waals surface area contributed by atoms with Gasteiger partial charge in [0.05, 0.1) is 5.56 Å². The fraction of sp³-hybridized carbons (Fsp3) is 0.533. The summed E-state index contributed by atoms with van der Waals surface area (Å²) < 4.78 is 5.17. The number of pyridine rings is 1. The van der Waals surface area contributed by atoms with Crippen molar-refractivity contribution in [1.82, 2.24) is 15.2 Å². The van der Waals surface area contributed by atoms with Crippen molar-refractivity contribution in [2.75, 3.05) is 13.6 Å². The fourth-order valence-electron chi connectivity index (χ4n) is 1.76. The molecule has 21 heavy (non-hydrogen) atoms. The lowest BCUT2D eigenvalue weighted by Crippen LogP contribution is -2.44. The van der Waals surface area contributed by atoms with Crippen LogP contribution in [0.2, 0.25) is 0 Å². The minimum Gasteiger partial charge on any atom is -0.444 e. The van der Waals surface area contributed by atoms with Gasteiger partial charge < -0.3 is 15.0 Å². The van der Waals surface area contributed by atoms with Crippen LogP contribution < -0.4 is 5.32 Å². The van der Waals surface area contributed by atoms with E-state index in [2.05, 4.69) is 10.3 Å². The summed E-state index contributed by atoms with van der Waals surface area (Å²) in [6.07, 6.45) is 2.64. The molecule has 1 heterocycles. The van der Waals surface area contributed by atoms with Gasteiger partial charge in [-0.15, -0.1) is 0 Å². The summed E-state index contributed by atoms with van der Waals surface area (Å²) in [5.41, 5.74) is -0.0224. The summed E-state index contributed by atoms with van der Waals surface area (Å²) in [5, 5.41) is 2.70. The number of rotatable bonds is 4. The van der Waals surface area contributed by atoms with E-state index in [-0.39, 0.29) is 11.9 Å². The van der Waals surface area contributed by atoms with Gasteiger partial charge in [0.1, 0.15) is 5.60 Å². The first kappa shape index (κ1) is 16.9. The Balaban J connectivity index is 2.49. The van der Waals surface area contributed by atoms with E-state index >= 15 is 0 Å². The average Bonchev–Trinajstić information content (AvgIpc) is 2.36. The highest BCUT2D eigenvalue weighted by Gasteiger charge is 2.19. The maximum atomic E-state index is 12.1. The Hall–Kier alpha value is -2.11. The van der Waals surface area contributed by atoms with E-state index in [9.17, 15) is 9.59 Å². The van der Waals surface area contributed by atoms with E-state index in [1.165, 1.54) is 6.20 Å². The minimum absolute atomic E-state index is 0.138. The molecule has 1 aromatic rings. The van der Waals surface area contributed by atoms with Crippen molar-refractivity contribution in [3.8, 4) is 0 Å². The number of aromatic nitrogens is 1. The second-order valence-electron chi connectivity index (χ2n) is 5.97. The summed E-state index contributed by atoms with van der Waals surface area (Å²) >= 11 is 0. The molecule has 0 saturated carbocycles. The van der Waals surface area contributed by atoms with Gasteiger partial charge in [0.2, 0.25) is 0 Å². The third kappa shape index (κ3) is 6.25. The van der Waals surface area contributed by atoms with E-state index in [4.69, 9.17) is 4.74 Å². The molecule has 0 aliphatic rings. The number of carbonyl (C=O) groups is 2. The van der Waals surface area contributed by atoms with E-state index in [0.29, 0.717) is 12.1 Å². The topological polar surface area (TPSA) is 71.5 Å². The molecule has 0 radical (unpaired) electrons. The third-order valence-corrected chi connectivity index (χ3v) is 2.57. The maximum absolute atomic E-state index is 12.1. The predicted octanol–water partition coefficient (Wildman–Crippen LogP) is 2.07. The van der Waals surface area contributed by atoms with Crippen molar-refractivity contribution in [1.29, 1.82) is 0 Å². The number of hydrogen-bond acceptors (Lipinski definition) is 4. The molecule has 1 atom stereocenters. The molecule has 0 bridgehead atoms. The van der Waals surface area contributed by atoms with Crippen LogP contribution in [0.4, 0.5) is 4.79 Å². The van der Waals surface area contributed by atoms with Crippen LogP contribution in [0.15, 0.2) is 24.5 Å². The Kier molecular flexibility index (Phi) is 5.69. The van der Waals surface area contributed by atoms with Crippen molar-refractivity contribution in [2.24, 2.45) is 0 Å². The standard InChI is InChI=1S/C15H23N3O3/c1-11(17-14(20)21-15(2,3)4)10-18(5)13(19)12-7-6-8-16-9-12/h6-9,11H,10H2,1-5H3,(H,17,20)/t11-/m0/s1. The van der Waals surface area contributed by atoms with E-state index in [0.717, 1.165) is 0 Å². The Bertz CT molecular complexity index is 483. The highest BCUT2D eigenvalue weighted by Crippen LogP contribution is 2.07. The molecule has 1 aromatic heterocycles. The number of amides is 2. The number of carbonyl (C=O) groups excluding carboxylic acids is 2.